The zero-order chi connectivity index (χ0) is 23.7. The lowest BCUT2D eigenvalue weighted by atomic mass is 9.78. The van der Waals surface area contributed by atoms with Crippen molar-refractivity contribution in [2.45, 2.75) is 82.8 Å². The van der Waals surface area contributed by atoms with Crippen molar-refractivity contribution in [2.75, 3.05) is 29.9 Å². The van der Waals surface area contributed by atoms with Crippen molar-refractivity contribution in [2.24, 2.45) is 11.3 Å². The molecule has 5 rings (SSSR count). The molecule has 34 heavy (non-hydrogen) atoms. The van der Waals surface area contributed by atoms with Crippen LogP contribution in [0.1, 0.15) is 70.6 Å². The Morgan fingerprint density at radius 2 is 1.82 bits per heavy atom. The number of aliphatic hydroxyl groups is 1. The van der Waals surface area contributed by atoms with Gasteiger partial charge in [-0.3, -0.25) is 9.59 Å². The summed E-state index contributed by atoms with van der Waals surface area (Å²) >= 11 is 0. The second-order valence-corrected chi connectivity index (χ2v) is 10.8. The molecular formula is C27H36N4O3. The van der Waals surface area contributed by atoms with Crippen LogP contribution in [0, 0.1) is 17.9 Å². The summed E-state index contributed by atoms with van der Waals surface area (Å²) in [4.78, 5) is 34.2. The number of hydrogen-bond donors (Lipinski definition) is 2. The predicted molar refractivity (Wildman–Crippen MR) is 132 cm³/mol. The van der Waals surface area contributed by atoms with E-state index in [0.29, 0.717) is 17.9 Å². The molecule has 1 atom stereocenters. The maximum absolute atomic E-state index is 13.6. The van der Waals surface area contributed by atoms with Crippen LogP contribution in [-0.2, 0) is 9.59 Å². The van der Waals surface area contributed by atoms with Gasteiger partial charge in [0.15, 0.2) is 0 Å². The van der Waals surface area contributed by atoms with E-state index < -0.39 is 0 Å². The van der Waals surface area contributed by atoms with E-state index in [9.17, 15) is 14.7 Å². The van der Waals surface area contributed by atoms with E-state index in [2.05, 4.69) is 20.0 Å². The minimum absolute atomic E-state index is 0.0602. The van der Waals surface area contributed by atoms with Crippen molar-refractivity contribution < 1.29 is 14.7 Å². The fourth-order valence-corrected chi connectivity index (χ4v) is 6.67. The third-order valence-electron chi connectivity index (χ3n) is 8.66. The molecule has 7 nitrogen and oxygen atoms in total. The first-order valence-corrected chi connectivity index (χ1v) is 13.1. The first kappa shape index (κ1) is 23.2. The summed E-state index contributed by atoms with van der Waals surface area (Å²) < 4.78 is 0. The van der Waals surface area contributed by atoms with Gasteiger partial charge in [0.2, 0.25) is 17.5 Å². The van der Waals surface area contributed by atoms with E-state index in [0.717, 1.165) is 89.4 Å². The highest BCUT2D eigenvalue weighted by Crippen LogP contribution is 2.45. The van der Waals surface area contributed by atoms with Gasteiger partial charge in [0.25, 0.3) is 0 Å². The summed E-state index contributed by atoms with van der Waals surface area (Å²) in [5.41, 5.74) is 1.70. The van der Waals surface area contributed by atoms with Crippen molar-refractivity contribution >= 4 is 28.9 Å². The van der Waals surface area contributed by atoms with Gasteiger partial charge in [-0.2, -0.15) is 0 Å². The van der Waals surface area contributed by atoms with Gasteiger partial charge in [-0.05, 0) is 76.0 Å². The number of anilines is 2. The molecule has 0 unspecified atom stereocenters. The van der Waals surface area contributed by atoms with Gasteiger partial charge in [0.05, 0.1) is 18.1 Å². The maximum atomic E-state index is 13.6. The number of carbonyl (C=O) groups excluding carboxylic acids is 2. The number of nitrogens with zero attached hydrogens (tertiary/aromatic N) is 3. The quantitative estimate of drug-likeness (QED) is 0.644. The Kier molecular flexibility index (Phi) is 6.52. The average Bonchev–Trinajstić information content (AvgIpc) is 3.49. The molecule has 1 spiro atoms. The smallest absolute Gasteiger partial charge is 0.230 e. The van der Waals surface area contributed by atoms with Crippen LogP contribution in [0.5, 0.6) is 0 Å². The van der Waals surface area contributed by atoms with Crippen LogP contribution in [0.4, 0.5) is 17.1 Å². The second kappa shape index (κ2) is 9.58. The molecule has 4 fully saturated rings. The molecule has 2 heterocycles. The van der Waals surface area contributed by atoms with Gasteiger partial charge in [0.1, 0.15) is 0 Å². The number of benzene rings is 1. The van der Waals surface area contributed by atoms with Gasteiger partial charge in [-0.1, -0.05) is 12.8 Å². The molecule has 4 aliphatic rings. The molecule has 2 amide bonds. The molecular weight excluding hydrogens is 428 g/mol. The van der Waals surface area contributed by atoms with E-state index in [1.165, 1.54) is 0 Å². The van der Waals surface area contributed by atoms with Crippen LogP contribution in [-0.4, -0.2) is 53.6 Å². The number of hydrogen-bond acceptors (Lipinski definition) is 4. The lowest BCUT2D eigenvalue weighted by molar-refractivity contribution is -0.139. The highest BCUT2D eigenvalue weighted by Gasteiger charge is 2.50. The monoisotopic (exact) mass is 464 g/mol. The summed E-state index contributed by atoms with van der Waals surface area (Å²) in [6, 6.07) is 5.88. The zero-order valence-corrected chi connectivity index (χ0v) is 20.0. The van der Waals surface area contributed by atoms with Gasteiger partial charge >= 0.3 is 0 Å². The van der Waals surface area contributed by atoms with Gasteiger partial charge in [-0.15, -0.1) is 0 Å². The number of piperidine rings is 1. The molecule has 2 aliphatic carbocycles. The molecule has 0 radical (unpaired) electrons. The minimum atomic E-state index is -0.372. The summed E-state index contributed by atoms with van der Waals surface area (Å²) in [6.07, 6.45) is 9.94. The van der Waals surface area contributed by atoms with Gasteiger partial charge < -0.3 is 20.2 Å². The predicted octanol–water partition coefficient (Wildman–Crippen LogP) is 4.49. The largest absolute Gasteiger partial charge is 0.393 e. The molecule has 1 aromatic carbocycles. The average molecular weight is 465 g/mol. The number of aliphatic hydroxyl groups excluding tert-OH is 1. The SMILES string of the molecule is [C-]#[N+]c1cc(NC(=O)C2CCCC2)ccc1N1CCC[C@]2(CCN([C@H]3CC[C@H](O)CC3)C2=O)C1. The van der Waals surface area contributed by atoms with Gasteiger partial charge in [0, 0.05) is 43.0 Å². The molecule has 2 aliphatic heterocycles. The van der Waals surface area contributed by atoms with E-state index in [4.69, 9.17) is 6.57 Å². The Labute approximate surface area is 202 Å². The van der Waals surface area contributed by atoms with E-state index in [-0.39, 0.29) is 35.3 Å². The van der Waals surface area contributed by atoms with Crippen LogP contribution in [0.25, 0.3) is 4.85 Å². The van der Waals surface area contributed by atoms with Crippen molar-refractivity contribution in [3.05, 3.63) is 29.6 Å². The van der Waals surface area contributed by atoms with Crippen molar-refractivity contribution in [3.63, 3.8) is 0 Å². The molecule has 0 bridgehead atoms. The highest BCUT2D eigenvalue weighted by atomic mass is 16.3. The van der Waals surface area contributed by atoms with Crippen molar-refractivity contribution in [3.8, 4) is 0 Å². The second-order valence-electron chi connectivity index (χ2n) is 10.8. The number of amides is 2. The van der Waals surface area contributed by atoms with Crippen molar-refractivity contribution in [1.29, 1.82) is 0 Å². The Hall–Kier alpha value is -2.59. The van der Waals surface area contributed by atoms with Gasteiger partial charge in [-0.25, -0.2) is 4.85 Å². The fourth-order valence-electron chi connectivity index (χ4n) is 6.67. The number of carbonyl (C=O) groups is 2. The standard InChI is InChI=1S/C27H36N4O3/c1-28-23-17-20(29-25(33)19-5-2-3-6-19)7-12-24(23)30-15-4-13-27(18-30)14-16-31(26(27)34)21-8-10-22(32)11-9-21/h7,12,17,19,21-22,32H,2-6,8-11,13-16,18H2,(H,29,33)/t21-,22-,27-/m0/s1. The molecule has 2 N–H and O–H groups in total. The van der Waals surface area contributed by atoms with Crippen LogP contribution >= 0.6 is 0 Å². The number of rotatable bonds is 4. The third-order valence-corrected chi connectivity index (χ3v) is 8.66. The van der Waals surface area contributed by atoms with Crippen LogP contribution in [0.15, 0.2) is 18.2 Å². The van der Waals surface area contributed by atoms with Crippen LogP contribution in [0.2, 0.25) is 0 Å². The summed E-state index contributed by atoms with van der Waals surface area (Å²) in [7, 11) is 0. The molecule has 2 saturated heterocycles. The molecule has 1 aromatic rings. The molecule has 182 valence electrons. The number of likely N-dealkylation sites (tertiary alicyclic amines) is 1. The van der Waals surface area contributed by atoms with E-state index >= 15 is 0 Å². The van der Waals surface area contributed by atoms with Crippen molar-refractivity contribution in [1.82, 2.24) is 4.90 Å². The lowest BCUT2D eigenvalue weighted by Gasteiger charge is -2.42. The highest BCUT2D eigenvalue weighted by molar-refractivity contribution is 5.94. The third kappa shape index (κ3) is 4.40. The lowest BCUT2D eigenvalue weighted by Crippen LogP contribution is -2.50. The minimum Gasteiger partial charge on any atom is -0.393 e. The van der Waals surface area contributed by atoms with E-state index in [1.54, 1.807) is 6.07 Å². The Balaban J connectivity index is 1.29. The summed E-state index contributed by atoms with van der Waals surface area (Å²) in [5.74, 6) is 0.412. The normalized spacial score (nSPS) is 30.1. The molecule has 2 saturated carbocycles. The Bertz CT molecular complexity index is 975. The number of nitrogens with one attached hydrogen (secondary N) is 1. The van der Waals surface area contributed by atoms with E-state index in [1.807, 2.05) is 12.1 Å². The fraction of sp³-hybridized carbons (Fsp3) is 0.667. The Morgan fingerprint density at radius 1 is 1.06 bits per heavy atom. The first-order valence-electron chi connectivity index (χ1n) is 13.1. The zero-order valence-electron chi connectivity index (χ0n) is 20.0. The summed E-state index contributed by atoms with van der Waals surface area (Å²) in [6.45, 7) is 10.0. The topological polar surface area (TPSA) is 77.2 Å². The molecule has 7 heteroatoms. The first-order chi connectivity index (χ1) is 16.5. The van der Waals surface area contributed by atoms with Crippen LogP contribution in [0.3, 0.4) is 0 Å². The Morgan fingerprint density at radius 3 is 2.56 bits per heavy atom. The summed E-state index contributed by atoms with van der Waals surface area (Å²) in [5, 5.41) is 12.9. The maximum Gasteiger partial charge on any atom is 0.230 e. The molecule has 0 aromatic heterocycles. The van der Waals surface area contributed by atoms with Crippen LogP contribution < -0.4 is 10.2 Å².